The predicted molar refractivity (Wildman–Crippen MR) is 167 cm³/mol. The summed E-state index contributed by atoms with van der Waals surface area (Å²) >= 11 is 0. The lowest BCUT2D eigenvalue weighted by Crippen LogP contribution is -3.00. The molecule has 0 amide bonds. The molecule has 1 aliphatic rings. The van der Waals surface area contributed by atoms with Crippen LogP contribution in [-0.4, -0.2) is 0 Å². The largest absolute Gasteiger partial charge is 1.00 e. The van der Waals surface area contributed by atoms with Crippen LogP contribution in [0.3, 0.4) is 0 Å². The predicted octanol–water partition coefficient (Wildman–Crippen LogP) is 4.04. The topological polar surface area (TPSA) is 7.76 Å². The Balaban J connectivity index is 0.00000420. The molecular weight excluding hydrogens is 635 g/mol. The van der Waals surface area contributed by atoms with Gasteiger partial charge >= 0.3 is 0 Å². The molecule has 2 aromatic heterocycles. The van der Waals surface area contributed by atoms with Crippen molar-refractivity contribution in [2.24, 2.45) is 0 Å². The average molecular weight is 697 g/mol. The van der Waals surface area contributed by atoms with Gasteiger partial charge in [-0.1, -0.05) is 109 Å². The Morgan fingerprint density at radius 1 is 0.366 bits per heavy atom. The van der Waals surface area contributed by atoms with E-state index in [2.05, 4.69) is 58.2 Å². The van der Waals surface area contributed by atoms with Gasteiger partial charge in [-0.05, 0) is 50.7 Å². The van der Waals surface area contributed by atoms with Crippen LogP contribution in [0.25, 0.3) is 0 Å². The number of aryl methyl sites for hydroxylation is 4. The van der Waals surface area contributed by atoms with E-state index in [0.717, 1.165) is 0 Å². The van der Waals surface area contributed by atoms with Crippen LogP contribution in [-0.2, 0) is 25.9 Å². The minimum absolute atomic E-state index is 0. The summed E-state index contributed by atoms with van der Waals surface area (Å²) in [6.07, 6.45) is 44.3. The van der Waals surface area contributed by atoms with Crippen LogP contribution in [0, 0.1) is 0 Å². The van der Waals surface area contributed by atoms with Crippen molar-refractivity contribution >= 4 is 0 Å². The van der Waals surface area contributed by atoms with Gasteiger partial charge in [-0.15, -0.1) is 0 Å². The second kappa shape index (κ2) is 26.9. The first-order chi connectivity index (χ1) is 19.4. The number of rotatable bonds is 0. The van der Waals surface area contributed by atoms with Gasteiger partial charge < -0.3 is 36.4 Å². The average Bonchev–Trinajstić information content (AvgIpc) is 2.95. The monoisotopic (exact) mass is 696 g/mol. The number of hydrogen-bond donors (Lipinski definition) is 0. The minimum Gasteiger partial charge on any atom is -1.00 e. The first-order valence-electron chi connectivity index (χ1n) is 17.4. The number of nitrogens with zero attached hydrogens (tertiary/aromatic N) is 2. The van der Waals surface area contributed by atoms with Crippen molar-refractivity contribution in [3.63, 3.8) is 0 Å². The maximum atomic E-state index is 2.44. The molecule has 4 bridgehead atoms. The molecule has 0 radical (unpaired) electrons. The van der Waals surface area contributed by atoms with Crippen molar-refractivity contribution in [2.45, 2.75) is 174 Å². The van der Waals surface area contributed by atoms with E-state index in [1.807, 2.05) is 0 Å². The Kier molecular flexibility index (Phi) is 25.2. The molecule has 0 fully saturated rings. The number of hydrogen-bond acceptors (Lipinski definition) is 0. The van der Waals surface area contributed by atoms with E-state index in [0.29, 0.717) is 0 Å². The molecule has 0 spiro atoms. The van der Waals surface area contributed by atoms with E-state index in [1.165, 1.54) is 185 Å². The molecule has 4 heteroatoms. The lowest BCUT2D eigenvalue weighted by Gasteiger charge is -2.04. The zero-order valence-corrected chi connectivity index (χ0v) is 29.3. The Hall–Kier alpha value is -0.680. The Morgan fingerprint density at radius 3 is 0.951 bits per heavy atom. The van der Waals surface area contributed by atoms with E-state index in [4.69, 9.17) is 0 Å². The minimum atomic E-state index is 0. The second-order valence-electron chi connectivity index (χ2n) is 12.5. The zero-order valence-electron chi connectivity index (χ0n) is 26.4. The normalized spacial score (nSPS) is 19.1. The van der Waals surface area contributed by atoms with Crippen LogP contribution in [0.5, 0.6) is 0 Å². The smallest absolute Gasteiger partial charge is 0.171 e. The van der Waals surface area contributed by atoms with E-state index >= 15 is 0 Å². The molecule has 0 N–H and O–H groups in total. The Morgan fingerprint density at radius 2 is 0.634 bits per heavy atom. The van der Waals surface area contributed by atoms with Crippen molar-refractivity contribution in [3.05, 3.63) is 60.2 Å². The summed E-state index contributed by atoms with van der Waals surface area (Å²) in [5.41, 5.74) is 3.07. The maximum Gasteiger partial charge on any atom is 0.171 e. The fraction of sp³-hybridized carbons (Fsp3) is 0.730. The lowest BCUT2D eigenvalue weighted by molar-refractivity contribution is -0.697. The third kappa shape index (κ3) is 20.0. The molecule has 0 saturated carbocycles. The van der Waals surface area contributed by atoms with Crippen LogP contribution in [0.1, 0.15) is 159 Å². The van der Waals surface area contributed by atoms with E-state index in [-0.39, 0.29) is 36.4 Å². The van der Waals surface area contributed by atoms with Gasteiger partial charge in [0.15, 0.2) is 24.8 Å². The van der Waals surface area contributed by atoms with Gasteiger partial charge in [-0.2, -0.15) is 0 Å². The van der Waals surface area contributed by atoms with Gasteiger partial charge in [0.2, 0.25) is 0 Å². The molecule has 3 heterocycles. The molecular formula is C37H62ClIN2. The van der Waals surface area contributed by atoms with Crippen LogP contribution in [0.15, 0.2) is 49.1 Å². The number of aromatic nitrogens is 2. The number of halogens is 2. The fourth-order valence-electron chi connectivity index (χ4n) is 6.33. The first kappa shape index (κ1) is 38.3. The van der Waals surface area contributed by atoms with Gasteiger partial charge in [0.05, 0.1) is 0 Å². The molecule has 234 valence electrons. The van der Waals surface area contributed by atoms with Crippen molar-refractivity contribution in [1.82, 2.24) is 0 Å². The summed E-state index contributed by atoms with van der Waals surface area (Å²) in [7, 11) is 0. The summed E-state index contributed by atoms with van der Waals surface area (Å²) in [4.78, 5) is 0. The van der Waals surface area contributed by atoms with Crippen LogP contribution in [0.4, 0.5) is 0 Å². The van der Waals surface area contributed by atoms with E-state index in [9.17, 15) is 0 Å². The molecule has 0 aliphatic carbocycles. The zero-order chi connectivity index (χ0) is 27.1. The van der Waals surface area contributed by atoms with Gasteiger partial charge in [0.1, 0.15) is 13.1 Å². The second-order valence-corrected chi connectivity index (χ2v) is 12.5. The van der Waals surface area contributed by atoms with Gasteiger partial charge in [0.25, 0.3) is 0 Å². The highest BCUT2D eigenvalue weighted by Gasteiger charge is 2.05. The SMILES string of the molecule is [Cl-].[I-].c1cc2c[n+](c1)CCCCCCCCCCCCCCc1ccc[n+](c1)CCCCCCCCCCCCC2. The number of pyridine rings is 2. The molecule has 0 aromatic carbocycles. The van der Waals surface area contributed by atoms with Crippen LogP contribution < -0.4 is 45.5 Å². The fourth-order valence-corrected chi connectivity index (χ4v) is 6.33. The highest BCUT2D eigenvalue weighted by molar-refractivity contribution is 5.05. The Labute approximate surface area is 277 Å². The molecule has 2 nitrogen and oxygen atoms in total. The van der Waals surface area contributed by atoms with Crippen molar-refractivity contribution in [3.8, 4) is 0 Å². The van der Waals surface area contributed by atoms with Crippen molar-refractivity contribution in [2.75, 3.05) is 0 Å². The molecule has 1 aliphatic heterocycles. The first-order valence-corrected chi connectivity index (χ1v) is 17.4. The van der Waals surface area contributed by atoms with E-state index < -0.39 is 0 Å². The summed E-state index contributed by atoms with van der Waals surface area (Å²) in [6.45, 7) is 2.38. The third-order valence-corrected chi connectivity index (χ3v) is 8.85. The molecule has 0 saturated heterocycles. The standard InChI is InChI=1S/C37H62N2.ClH.HI/c1-2-6-10-14-18-22-30-38-32-25-29-37(35-38)27-21-17-13-9-5-3-7-11-15-19-23-31-39-33-24-28-36(34-39)26-20-16-12-8-4-1;;/h24-25,28-29,32-35H,1-23,26-27,30-31H2;2*1H/q+2;;/p-2. The summed E-state index contributed by atoms with van der Waals surface area (Å²) < 4.78 is 4.88. The van der Waals surface area contributed by atoms with Crippen LogP contribution >= 0.6 is 0 Å². The molecule has 0 atom stereocenters. The molecule has 0 unspecified atom stereocenters. The summed E-state index contributed by atoms with van der Waals surface area (Å²) in [5, 5.41) is 0. The Bertz CT molecular complexity index is 789. The van der Waals surface area contributed by atoms with Crippen molar-refractivity contribution in [1.29, 1.82) is 0 Å². The molecule has 2 aromatic rings. The summed E-state index contributed by atoms with van der Waals surface area (Å²) in [6, 6.07) is 9.19. The van der Waals surface area contributed by atoms with Crippen molar-refractivity contribution < 1.29 is 45.5 Å². The highest BCUT2D eigenvalue weighted by Crippen LogP contribution is 2.15. The van der Waals surface area contributed by atoms with Gasteiger partial charge in [0, 0.05) is 36.1 Å². The third-order valence-electron chi connectivity index (χ3n) is 8.85. The van der Waals surface area contributed by atoms with Gasteiger partial charge in [-0.25, -0.2) is 9.13 Å². The lowest BCUT2D eigenvalue weighted by atomic mass is 10.0. The van der Waals surface area contributed by atoms with Crippen LogP contribution in [0.2, 0.25) is 0 Å². The summed E-state index contributed by atoms with van der Waals surface area (Å²) in [5.74, 6) is 0. The quantitative estimate of drug-likeness (QED) is 0.291. The maximum absolute atomic E-state index is 2.44. The molecule has 41 heavy (non-hydrogen) atoms. The molecule has 3 rings (SSSR count). The number of fused-ring (bicyclic) bond motifs is 4. The highest BCUT2D eigenvalue weighted by atomic mass is 127. The van der Waals surface area contributed by atoms with Gasteiger partial charge in [-0.3, -0.25) is 0 Å². The van der Waals surface area contributed by atoms with E-state index in [1.54, 1.807) is 0 Å².